The Labute approximate surface area is 186 Å². The average Bonchev–Trinajstić information content (AvgIpc) is 2.81. The number of carbonyl (C=O) groups excluding carboxylic acids is 1. The van der Waals surface area contributed by atoms with Gasteiger partial charge in [0, 0.05) is 0 Å². The van der Waals surface area contributed by atoms with Gasteiger partial charge in [-0.25, -0.2) is 0 Å². The molecule has 1 aromatic carbocycles. The van der Waals surface area contributed by atoms with Crippen molar-refractivity contribution >= 4 is 5.97 Å². The summed E-state index contributed by atoms with van der Waals surface area (Å²) in [7, 11) is 0. The normalized spacial score (nSPS) is 26.8. The lowest BCUT2D eigenvalue weighted by molar-refractivity contribution is -0.157. The highest BCUT2D eigenvalue weighted by molar-refractivity contribution is 5.72. The van der Waals surface area contributed by atoms with E-state index in [4.69, 9.17) is 10.00 Å². The Morgan fingerprint density at radius 1 is 1.06 bits per heavy atom. The van der Waals surface area contributed by atoms with E-state index in [0.717, 1.165) is 57.8 Å². The van der Waals surface area contributed by atoms with Crippen molar-refractivity contribution in [3.8, 4) is 6.07 Å². The number of aryl methyl sites for hydroxylation is 1. The minimum Gasteiger partial charge on any atom is -0.462 e. The number of hydrogen-bond donors (Lipinski definition) is 0. The highest BCUT2D eigenvalue weighted by Gasteiger charge is 2.31. The van der Waals surface area contributed by atoms with Gasteiger partial charge in [-0.1, -0.05) is 44.0 Å². The number of benzene rings is 1. The van der Waals surface area contributed by atoms with E-state index in [1.165, 1.54) is 42.5 Å². The molecule has 4 heteroatoms. The first-order valence-corrected chi connectivity index (χ1v) is 12.2. The lowest BCUT2D eigenvalue weighted by Gasteiger charge is -2.31. The average molecular weight is 426 g/mol. The topological polar surface area (TPSA) is 50.1 Å². The largest absolute Gasteiger partial charge is 0.462 e. The lowest BCUT2D eigenvalue weighted by Crippen LogP contribution is -2.29. The summed E-state index contributed by atoms with van der Waals surface area (Å²) in [6, 6.07) is 10.7. The van der Waals surface area contributed by atoms with Crippen molar-refractivity contribution in [2.24, 2.45) is 11.8 Å². The van der Waals surface area contributed by atoms with Crippen LogP contribution in [-0.2, 0) is 16.0 Å². The van der Waals surface area contributed by atoms with E-state index in [1.54, 1.807) is 0 Å². The Morgan fingerprint density at radius 3 is 2.35 bits per heavy atom. The second-order valence-corrected chi connectivity index (χ2v) is 9.35. The summed E-state index contributed by atoms with van der Waals surface area (Å²) >= 11 is 0. The minimum atomic E-state index is -0.705. The molecule has 2 aliphatic rings. The number of rotatable bonds is 8. The van der Waals surface area contributed by atoms with Crippen LogP contribution < -0.4 is 0 Å². The molecule has 0 saturated heterocycles. The molecule has 31 heavy (non-hydrogen) atoms. The summed E-state index contributed by atoms with van der Waals surface area (Å²) in [6.07, 6.45) is 13.3. The van der Waals surface area contributed by atoms with E-state index < -0.39 is 5.83 Å². The van der Waals surface area contributed by atoms with E-state index in [0.29, 0.717) is 5.92 Å². The Bertz CT molecular complexity index is 763. The maximum absolute atomic E-state index is 13.1. The molecule has 0 unspecified atom stereocenters. The summed E-state index contributed by atoms with van der Waals surface area (Å²) in [4.78, 5) is 12.6. The van der Waals surface area contributed by atoms with Crippen molar-refractivity contribution in [2.75, 3.05) is 0 Å². The number of hydrogen-bond acceptors (Lipinski definition) is 3. The van der Waals surface area contributed by atoms with Gasteiger partial charge in [0.15, 0.2) is 5.83 Å². The Kier molecular flexibility index (Phi) is 9.13. The van der Waals surface area contributed by atoms with E-state index in [1.807, 2.05) is 0 Å². The van der Waals surface area contributed by atoms with Gasteiger partial charge in [-0.15, -0.1) is 0 Å². The van der Waals surface area contributed by atoms with Crippen LogP contribution in [0, 0.1) is 23.2 Å². The molecule has 2 aliphatic carbocycles. The van der Waals surface area contributed by atoms with E-state index >= 15 is 0 Å². The molecule has 3 rings (SSSR count). The molecule has 0 amide bonds. The van der Waals surface area contributed by atoms with Gasteiger partial charge in [0.1, 0.15) is 12.2 Å². The number of esters is 1. The van der Waals surface area contributed by atoms with Crippen LogP contribution in [0.15, 0.2) is 36.2 Å². The summed E-state index contributed by atoms with van der Waals surface area (Å²) in [6.45, 7) is 2.23. The molecule has 168 valence electrons. The highest BCUT2D eigenvalue weighted by Crippen LogP contribution is 2.37. The number of ether oxygens (including phenoxy) is 1. The Balaban J connectivity index is 1.39. The second-order valence-electron chi connectivity index (χ2n) is 9.35. The fourth-order valence-corrected chi connectivity index (χ4v) is 5.08. The van der Waals surface area contributed by atoms with Crippen LogP contribution in [-0.4, -0.2) is 12.1 Å². The number of nitriles is 1. The van der Waals surface area contributed by atoms with Crippen LogP contribution in [0.3, 0.4) is 0 Å². The van der Waals surface area contributed by atoms with Gasteiger partial charge < -0.3 is 4.74 Å². The van der Waals surface area contributed by atoms with Gasteiger partial charge in [0.05, 0.1) is 5.92 Å². The maximum atomic E-state index is 13.1. The van der Waals surface area contributed by atoms with Crippen LogP contribution in [0.1, 0.15) is 94.6 Å². The number of halogens is 1. The molecule has 0 atom stereocenters. The predicted octanol–water partition coefficient (Wildman–Crippen LogP) is 7.17. The molecule has 0 spiro atoms. The molecule has 0 aromatic heterocycles. The summed E-state index contributed by atoms with van der Waals surface area (Å²) < 4.78 is 18.9. The second kappa shape index (κ2) is 12.0. The summed E-state index contributed by atoms with van der Waals surface area (Å²) in [5.41, 5.74) is 2.83. The SMILES string of the molecule is CCCCCc1ccc(C2CCC(C(=O)OC3CCC(C=C(F)C#N)CC3)CC2)cc1. The molecule has 0 bridgehead atoms. The van der Waals surface area contributed by atoms with E-state index in [2.05, 4.69) is 31.2 Å². The van der Waals surface area contributed by atoms with Crippen LogP contribution in [0.5, 0.6) is 0 Å². The van der Waals surface area contributed by atoms with Crippen molar-refractivity contribution in [1.82, 2.24) is 0 Å². The standard InChI is InChI=1S/C27H36FNO2/c1-2-3-4-5-20-6-10-22(11-7-20)23-12-14-24(15-13-23)27(30)31-26-16-8-21(9-17-26)18-25(28)19-29/h6-7,10-11,18,21,23-24,26H,2-5,8-9,12-17H2,1H3. The monoisotopic (exact) mass is 425 g/mol. The minimum absolute atomic E-state index is 0.0122. The van der Waals surface area contributed by atoms with Gasteiger partial charge in [-0.2, -0.15) is 9.65 Å². The van der Waals surface area contributed by atoms with Crippen molar-refractivity contribution in [2.45, 2.75) is 96.0 Å². The predicted molar refractivity (Wildman–Crippen MR) is 121 cm³/mol. The third-order valence-electron chi connectivity index (χ3n) is 7.07. The van der Waals surface area contributed by atoms with Crippen LogP contribution in [0.2, 0.25) is 0 Å². The molecule has 1 aromatic rings. The van der Waals surface area contributed by atoms with Crippen LogP contribution >= 0.6 is 0 Å². The first-order chi connectivity index (χ1) is 15.1. The van der Waals surface area contributed by atoms with Gasteiger partial charge in [0.2, 0.25) is 0 Å². The molecule has 3 nitrogen and oxygen atoms in total. The third kappa shape index (κ3) is 7.20. The number of nitrogens with zero attached hydrogens (tertiary/aromatic N) is 1. The first-order valence-electron chi connectivity index (χ1n) is 12.2. The van der Waals surface area contributed by atoms with Crippen molar-refractivity contribution < 1.29 is 13.9 Å². The van der Waals surface area contributed by atoms with Gasteiger partial charge in [0.25, 0.3) is 0 Å². The highest BCUT2D eigenvalue weighted by atomic mass is 19.1. The van der Waals surface area contributed by atoms with E-state index in [-0.39, 0.29) is 23.9 Å². The Morgan fingerprint density at radius 2 is 1.74 bits per heavy atom. The zero-order chi connectivity index (χ0) is 22.1. The Hall–Kier alpha value is -2.15. The molecule has 0 heterocycles. The molecular formula is C27H36FNO2. The number of carbonyl (C=O) groups is 1. The fraction of sp³-hybridized carbons (Fsp3) is 0.630. The number of allylic oxidation sites excluding steroid dienone is 2. The van der Waals surface area contributed by atoms with Crippen molar-refractivity contribution in [3.63, 3.8) is 0 Å². The summed E-state index contributed by atoms with van der Waals surface area (Å²) in [5, 5.41) is 8.56. The van der Waals surface area contributed by atoms with Crippen LogP contribution in [0.4, 0.5) is 4.39 Å². The zero-order valence-corrected chi connectivity index (χ0v) is 18.8. The maximum Gasteiger partial charge on any atom is 0.309 e. The van der Waals surface area contributed by atoms with Crippen LogP contribution in [0.25, 0.3) is 0 Å². The smallest absolute Gasteiger partial charge is 0.309 e. The molecule has 2 saturated carbocycles. The third-order valence-corrected chi connectivity index (χ3v) is 7.07. The van der Waals surface area contributed by atoms with Gasteiger partial charge in [-0.05, 0) is 93.2 Å². The molecular weight excluding hydrogens is 389 g/mol. The zero-order valence-electron chi connectivity index (χ0n) is 18.8. The quantitative estimate of drug-likeness (QED) is 0.252. The fourth-order valence-electron chi connectivity index (χ4n) is 5.08. The molecule has 0 aliphatic heterocycles. The van der Waals surface area contributed by atoms with Gasteiger partial charge in [-0.3, -0.25) is 4.79 Å². The van der Waals surface area contributed by atoms with Crippen molar-refractivity contribution in [1.29, 1.82) is 5.26 Å². The number of unbranched alkanes of at least 4 members (excludes halogenated alkanes) is 2. The molecule has 0 N–H and O–H groups in total. The van der Waals surface area contributed by atoms with Gasteiger partial charge >= 0.3 is 5.97 Å². The first kappa shape index (κ1) is 23.5. The summed E-state index contributed by atoms with van der Waals surface area (Å²) in [5.74, 6) is -0.109. The molecule has 2 fully saturated rings. The molecule has 0 radical (unpaired) electrons. The van der Waals surface area contributed by atoms with Crippen molar-refractivity contribution in [3.05, 3.63) is 47.3 Å². The van der Waals surface area contributed by atoms with E-state index in [9.17, 15) is 9.18 Å². The lowest BCUT2D eigenvalue weighted by atomic mass is 9.78.